The molecule has 1 aromatic rings. The molecule has 1 aliphatic heterocycles. The van der Waals surface area contributed by atoms with Crippen LogP contribution in [-0.4, -0.2) is 24.9 Å². The number of ether oxygens (including phenoxy) is 2. The van der Waals surface area contributed by atoms with E-state index in [0.717, 1.165) is 18.4 Å². The Morgan fingerprint density at radius 1 is 1.33 bits per heavy atom. The largest absolute Gasteiger partial charge is 0.489 e. The molecule has 0 aliphatic carbocycles. The van der Waals surface area contributed by atoms with Crippen LogP contribution in [-0.2, 0) is 11.3 Å². The fourth-order valence-electron chi connectivity index (χ4n) is 2.40. The van der Waals surface area contributed by atoms with E-state index in [2.05, 4.69) is 26.1 Å². The molecule has 2 atom stereocenters. The van der Waals surface area contributed by atoms with Gasteiger partial charge in [-0.05, 0) is 31.9 Å². The second kappa shape index (κ2) is 7.68. The van der Waals surface area contributed by atoms with Crippen molar-refractivity contribution in [1.29, 1.82) is 0 Å². The zero-order valence-corrected chi connectivity index (χ0v) is 14.3. The van der Waals surface area contributed by atoms with Crippen molar-refractivity contribution in [1.82, 2.24) is 5.32 Å². The lowest BCUT2D eigenvalue weighted by atomic mass is 10.2. The number of rotatable bonds is 6. The molecule has 1 aromatic carbocycles. The van der Waals surface area contributed by atoms with Gasteiger partial charge in [-0.25, -0.2) is 0 Å². The van der Waals surface area contributed by atoms with Crippen LogP contribution in [0, 0.1) is 0 Å². The summed E-state index contributed by atoms with van der Waals surface area (Å²) in [5, 5.41) is 4.54. The van der Waals surface area contributed by atoms with Gasteiger partial charge in [-0.15, -0.1) is 0 Å². The second-order valence-electron chi connectivity index (χ2n) is 5.87. The number of benzene rings is 1. The molecule has 21 heavy (non-hydrogen) atoms. The Bertz CT molecular complexity index is 480. The maximum atomic E-state index is 6.29. The summed E-state index contributed by atoms with van der Waals surface area (Å²) >= 11 is 12.4. The van der Waals surface area contributed by atoms with Crippen LogP contribution in [0.3, 0.4) is 0 Å². The van der Waals surface area contributed by atoms with Gasteiger partial charge < -0.3 is 14.8 Å². The van der Waals surface area contributed by atoms with Crippen LogP contribution in [0.15, 0.2) is 12.1 Å². The summed E-state index contributed by atoms with van der Waals surface area (Å²) < 4.78 is 11.7. The predicted molar refractivity (Wildman–Crippen MR) is 87.5 cm³/mol. The molecule has 0 amide bonds. The Balaban J connectivity index is 2.05. The topological polar surface area (TPSA) is 30.5 Å². The van der Waals surface area contributed by atoms with Crippen LogP contribution in [0.4, 0.5) is 0 Å². The van der Waals surface area contributed by atoms with E-state index in [9.17, 15) is 0 Å². The van der Waals surface area contributed by atoms with Gasteiger partial charge in [-0.2, -0.15) is 0 Å². The molecule has 0 spiro atoms. The van der Waals surface area contributed by atoms with Crippen molar-refractivity contribution < 1.29 is 9.47 Å². The first-order chi connectivity index (χ1) is 9.95. The van der Waals surface area contributed by atoms with Crippen LogP contribution < -0.4 is 10.1 Å². The summed E-state index contributed by atoms with van der Waals surface area (Å²) in [4.78, 5) is 0. The van der Waals surface area contributed by atoms with Gasteiger partial charge >= 0.3 is 0 Å². The second-order valence-corrected chi connectivity index (χ2v) is 6.71. The quantitative estimate of drug-likeness (QED) is 0.835. The van der Waals surface area contributed by atoms with Crippen molar-refractivity contribution in [2.45, 2.75) is 58.4 Å². The number of halogens is 2. The number of hydrogen-bond donors (Lipinski definition) is 1. The molecule has 0 radical (unpaired) electrons. The molecule has 1 aliphatic rings. The van der Waals surface area contributed by atoms with E-state index in [0.29, 0.717) is 41.1 Å². The summed E-state index contributed by atoms with van der Waals surface area (Å²) in [6.45, 7) is 7.49. The minimum atomic E-state index is 0.151. The highest BCUT2D eigenvalue weighted by molar-refractivity contribution is 6.35. The van der Waals surface area contributed by atoms with Gasteiger partial charge in [-0.3, -0.25) is 0 Å². The van der Waals surface area contributed by atoms with E-state index in [1.54, 1.807) is 6.07 Å². The van der Waals surface area contributed by atoms with Gasteiger partial charge in [-0.1, -0.05) is 37.0 Å². The standard InChI is InChI=1S/C16H23Cl2NO2/c1-10(2)19-8-12-6-13(17)7-15(18)16(12)20-9-14-5-4-11(3)21-14/h6-7,10-11,14,19H,4-5,8-9H2,1-3H3. The Morgan fingerprint density at radius 3 is 2.71 bits per heavy atom. The zero-order chi connectivity index (χ0) is 15.4. The van der Waals surface area contributed by atoms with E-state index in [1.165, 1.54) is 0 Å². The summed E-state index contributed by atoms with van der Waals surface area (Å²) in [6.07, 6.45) is 2.59. The monoisotopic (exact) mass is 331 g/mol. The lowest BCUT2D eigenvalue weighted by Gasteiger charge is -2.18. The summed E-state index contributed by atoms with van der Waals surface area (Å²) in [7, 11) is 0. The van der Waals surface area contributed by atoms with E-state index in [4.69, 9.17) is 32.7 Å². The highest BCUT2D eigenvalue weighted by Crippen LogP contribution is 2.33. The van der Waals surface area contributed by atoms with E-state index in [1.807, 2.05) is 6.07 Å². The van der Waals surface area contributed by atoms with Crippen LogP contribution in [0.5, 0.6) is 5.75 Å². The molecule has 1 saturated heterocycles. The molecule has 2 rings (SSSR count). The van der Waals surface area contributed by atoms with Gasteiger partial charge in [0.05, 0.1) is 17.2 Å². The zero-order valence-electron chi connectivity index (χ0n) is 12.8. The van der Waals surface area contributed by atoms with Crippen molar-refractivity contribution >= 4 is 23.2 Å². The van der Waals surface area contributed by atoms with Crippen LogP contribution >= 0.6 is 23.2 Å². The average molecular weight is 332 g/mol. The van der Waals surface area contributed by atoms with Gasteiger partial charge in [0.15, 0.2) is 0 Å². The Hall–Kier alpha value is -0.480. The third kappa shape index (κ3) is 5.03. The third-order valence-electron chi connectivity index (χ3n) is 3.52. The van der Waals surface area contributed by atoms with E-state index >= 15 is 0 Å². The molecule has 1 fully saturated rings. The van der Waals surface area contributed by atoms with Crippen molar-refractivity contribution in [3.63, 3.8) is 0 Å². The SMILES string of the molecule is CC(C)NCc1cc(Cl)cc(Cl)c1OCC1CCC(C)O1. The molecule has 1 heterocycles. The summed E-state index contributed by atoms with van der Waals surface area (Å²) in [5.41, 5.74) is 0.979. The van der Waals surface area contributed by atoms with Gasteiger partial charge in [0.2, 0.25) is 0 Å². The molecule has 2 unspecified atom stereocenters. The van der Waals surface area contributed by atoms with Crippen LogP contribution in [0.2, 0.25) is 10.0 Å². The lowest BCUT2D eigenvalue weighted by molar-refractivity contribution is 0.0262. The molecule has 0 aromatic heterocycles. The lowest BCUT2D eigenvalue weighted by Crippen LogP contribution is -2.23. The maximum absolute atomic E-state index is 6.29. The Labute approximate surface area is 136 Å². The van der Waals surface area contributed by atoms with Crippen LogP contribution in [0.1, 0.15) is 39.2 Å². The van der Waals surface area contributed by atoms with Crippen molar-refractivity contribution in [3.8, 4) is 5.75 Å². The molecule has 118 valence electrons. The van der Waals surface area contributed by atoms with E-state index < -0.39 is 0 Å². The van der Waals surface area contributed by atoms with Gasteiger partial charge in [0, 0.05) is 23.2 Å². The van der Waals surface area contributed by atoms with Gasteiger partial charge in [0.25, 0.3) is 0 Å². The third-order valence-corrected chi connectivity index (χ3v) is 4.02. The molecular formula is C16H23Cl2NO2. The van der Waals surface area contributed by atoms with Gasteiger partial charge in [0.1, 0.15) is 12.4 Å². The Morgan fingerprint density at radius 2 is 2.10 bits per heavy atom. The molecule has 1 N–H and O–H groups in total. The molecule has 0 saturated carbocycles. The van der Waals surface area contributed by atoms with Crippen molar-refractivity contribution in [2.75, 3.05) is 6.61 Å². The highest BCUT2D eigenvalue weighted by atomic mass is 35.5. The first-order valence-electron chi connectivity index (χ1n) is 7.45. The smallest absolute Gasteiger partial charge is 0.142 e. The Kier molecular flexibility index (Phi) is 6.18. The first-order valence-corrected chi connectivity index (χ1v) is 8.21. The van der Waals surface area contributed by atoms with E-state index in [-0.39, 0.29) is 6.10 Å². The molecule has 0 bridgehead atoms. The average Bonchev–Trinajstić information content (AvgIpc) is 2.80. The summed E-state index contributed by atoms with van der Waals surface area (Å²) in [6, 6.07) is 4.00. The minimum Gasteiger partial charge on any atom is -0.489 e. The maximum Gasteiger partial charge on any atom is 0.142 e. The highest BCUT2D eigenvalue weighted by Gasteiger charge is 2.23. The first kappa shape index (κ1) is 16.9. The molecule has 5 heteroatoms. The molecular weight excluding hydrogens is 309 g/mol. The van der Waals surface area contributed by atoms with Crippen molar-refractivity contribution in [3.05, 3.63) is 27.7 Å². The number of hydrogen-bond acceptors (Lipinski definition) is 3. The van der Waals surface area contributed by atoms with Crippen molar-refractivity contribution in [2.24, 2.45) is 0 Å². The summed E-state index contributed by atoms with van der Waals surface area (Å²) in [5.74, 6) is 0.706. The predicted octanol–water partition coefficient (Wildman–Crippen LogP) is 4.44. The normalized spacial score (nSPS) is 22.0. The fourth-order valence-corrected chi connectivity index (χ4v) is 2.99. The molecule has 3 nitrogen and oxygen atoms in total. The van der Waals surface area contributed by atoms with Crippen LogP contribution in [0.25, 0.3) is 0 Å². The minimum absolute atomic E-state index is 0.151. The fraction of sp³-hybridized carbons (Fsp3) is 0.625. The number of nitrogens with one attached hydrogen (secondary N) is 1.